The normalized spacial score (nSPS) is 16.6. The van der Waals surface area contributed by atoms with Crippen molar-refractivity contribution < 1.29 is 4.74 Å². The van der Waals surface area contributed by atoms with Crippen LogP contribution < -0.4 is 5.32 Å². The summed E-state index contributed by atoms with van der Waals surface area (Å²) >= 11 is 3.38. The lowest BCUT2D eigenvalue weighted by molar-refractivity contribution is 0.142. The first-order chi connectivity index (χ1) is 9.29. The molecule has 1 aliphatic rings. The van der Waals surface area contributed by atoms with Gasteiger partial charge < -0.3 is 10.1 Å². The highest BCUT2D eigenvalue weighted by Gasteiger charge is 2.09. The molecule has 0 aromatic heterocycles. The van der Waals surface area contributed by atoms with Gasteiger partial charge in [-0.3, -0.25) is 4.90 Å². The number of ether oxygens (including phenoxy) is 1. The van der Waals surface area contributed by atoms with Gasteiger partial charge in [-0.25, -0.2) is 0 Å². The van der Waals surface area contributed by atoms with Gasteiger partial charge in [-0.15, -0.1) is 0 Å². The molecule has 1 aromatic rings. The summed E-state index contributed by atoms with van der Waals surface area (Å²) in [5, 5.41) is 12.4. The number of nitriles is 1. The van der Waals surface area contributed by atoms with E-state index in [9.17, 15) is 0 Å². The summed E-state index contributed by atoms with van der Waals surface area (Å²) in [6.07, 6.45) is 1.10. The number of hydrogen-bond donors (Lipinski definition) is 1. The number of nitrogens with one attached hydrogen (secondary N) is 1. The van der Waals surface area contributed by atoms with Crippen LogP contribution in [0.3, 0.4) is 0 Å². The lowest BCUT2D eigenvalue weighted by Crippen LogP contribution is -2.31. The van der Waals surface area contributed by atoms with E-state index in [1.165, 1.54) is 0 Å². The van der Waals surface area contributed by atoms with Gasteiger partial charge in [0.05, 0.1) is 17.9 Å². The summed E-state index contributed by atoms with van der Waals surface area (Å²) in [4.78, 5) is 2.39. The summed E-state index contributed by atoms with van der Waals surface area (Å²) in [6.45, 7) is 5.60. The molecule has 1 aliphatic heterocycles. The Morgan fingerprint density at radius 3 is 3.11 bits per heavy atom. The van der Waals surface area contributed by atoms with Crippen LogP contribution in [-0.4, -0.2) is 44.3 Å². The number of benzene rings is 1. The molecular formula is C14H18BrN3O. The van der Waals surface area contributed by atoms with Crippen molar-refractivity contribution in [3.63, 3.8) is 0 Å². The maximum absolute atomic E-state index is 9.09. The highest BCUT2D eigenvalue weighted by molar-refractivity contribution is 9.10. The molecule has 19 heavy (non-hydrogen) atoms. The Bertz CT molecular complexity index is 450. The van der Waals surface area contributed by atoms with E-state index in [0.717, 1.165) is 56.0 Å². The Hall–Kier alpha value is -1.09. The summed E-state index contributed by atoms with van der Waals surface area (Å²) in [5.41, 5.74) is 1.57. The molecule has 0 atom stereocenters. The Morgan fingerprint density at radius 2 is 2.26 bits per heavy atom. The second kappa shape index (κ2) is 7.49. The molecular weight excluding hydrogens is 306 g/mol. The highest BCUT2D eigenvalue weighted by atomic mass is 79.9. The van der Waals surface area contributed by atoms with Gasteiger partial charge in [-0.05, 0) is 24.6 Å². The Kier molecular flexibility index (Phi) is 5.64. The maximum atomic E-state index is 9.09. The van der Waals surface area contributed by atoms with Crippen LogP contribution in [0, 0.1) is 11.3 Å². The molecule has 4 nitrogen and oxygen atoms in total. The van der Waals surface area contributed by atoms with Crippen molar-refractivity contribution in [2.24, 2.45) is 0 Å². The Labute approximate surface area is 122 Å². The van der Waals surface area contributed by atoms with E-state index in [-0.39, 0.29) is 0 Å². The second-order valence-corrected chi connectivity index (χ2v) is 5.45. The third-order valence-electron chi connectivity index (χ3n) is 3.16. The summed E-state index contributed by atoms with van der Waals surface area (Å²) < 4.78 is 6.36. The Morgan fingerprint density at radius 1 is 1.37 bits per heavy atom. The van der Waals surface area contributed by atoms with E-state index in [4.69, 9.17) is 10.00 Å². The zero-order valence-electron chi connectivity index (χ0n) is 10.9. The van der Waals surface area contributed by atoms with E-state index < -0.39 is 0 Å². The summed E-state index contributed by atoms with van der Waals surface area (Å²) in [7, 11) is 0. The largest absolute Gasteiger partial charge is 0.383 e. The van der Waals surface area contributed by atoms with Crippen molar-refractivity contribution in [1.29, 1.82) is 5.26 Å². The van der Waals surface area contributed by atoms with E-state index in [0.29, 0.717) is 5.56 Å². The SMILES string of the molecule is N#Cc1cc(Br)ccc1NCCN1CCCOCC1. The highest BCUT2D eigenvalue weighted by Crippen LogP contribution is 2.20. The van der Waals surface area contributed by atoms with Gasteiger partial charge in [0.2, 0.25) is 0 Å². The zero-order chi connectivity index (χ0) is 13.5. The first-order valence-electron chi connectivity index (χ1n) is 6.53. The van der Waals surface area contributed by atoms with Gasteiger partial charge in [-0.2, -0.15) is 5.26 Å². The second-order valence-electron chi connectivity index (χ2n) is 4.54. The van der Waals surface area contributed by atoms with Crippen LogP contribution in [0.4, 0.5) is 5.69 Å². The first-order valence-corrected chi connectivity index (χ1v) is 7.32. The van der Waals surface area contributed by atoms with Crippen molar-refractivity contribution in [3.8, 4) is 6.07 Å². The number of rotatable bonds is 4. The minimum absolute atomic E-state index is 0.675. The fourth-order valence-electron chi connectivity index (χ4n) is 2.13. The van der Waals surface area contributed by atoms with Gasteiger partial charge in [0.15, 0.2) is 0 Å². The van der Waals surface area contributed by atoms with Crippen LogP contribution in [-0.2, 0) is 4.74 Å². The van der Waals surface area contributed by atoms with Crippen molar-refractivity contribution in [2.45, 2.75) is 6.42 Å². The Balaban J connectivity index is 1.83. The van der Waals surface area contributed by atoms with Gasteiger partial charge in [0, 0.05) is 37.3 Å². The lowest BCUT2D eigenvalue weighted by Gasteiger charge is -2.19. The van der Waals surface area contributed by atoms with Gasteiger partial charge in [0.1, 0.15) is 6.07 Å². The number of hydrogen-bond acceptors (Lipinski definition) is 4. The molecule has 1 fully saturated rings. The zero-order valence-corrected chi connectivity index (χ0v) is 12.4. The smallest absolute Gasteiger partial charge is 0.101 e. The van der Waals surface area contributed by atoms with Crippen LogP contribution in [0.15, 0.2) is 22.7 Å². The van der Waals surface area contributed by atoms with Crippen LogP contribution in [0.1, 0.15) is 12.0 Å². The van der Waals surface area contributed by atoms with Gasteiger partial charge in [-0.1, -0.05) is 15.9 Å². The van der Waals surface area contributed by atoms with Gasteiger partial charge in [0.25, 0.3) is 0 Å². The van der Waals surface area contributed by atoms with Gasteiger partial charge >= 0.3 is 0 Å². The summed E-state index contributed by atoms with van der Waals surface area (Å²) in [5.74, 6) is 0. The van der Waals surface area contributed by atoms with Crippen LogP contribution in [0.25, 0.3) is 0 Å². The number of nitrogens with zero attached hydrogens (tertiary/aromatic N) is 2. The van der Waals surface area contributed by atoms with Crippen molar-refractivity contribution in [1.82, 2.24) is 4.90 Å². The van der Waals surface area contributed by atoms with Crippen LogP contribution >= 0.6 is 15.9 Å². The van der Waals surface area contributed by atoms with E-state index in [2.05, 4.69) is 32.2 Å². The molecule has 0 spiro atoms. The van der Waals surface area contributed by atoms with Crippen molar-refractivity contribution in [2.75, 3.05) is 44.7 Å². The van der Waals surface area contributed by atoms with Crippen molar-refractivity contribution in [3.05, 3.63) is 28.2 Å². The van der Waals surface area contributed by atoms with Crippen LogP contribution in [0.5, 0.6) is 0 Å². The topological polar surface area (TPSA) is 48.3 Å². The summed E-state index contributed by atoms with van der Waals surface area (Å²) in [6, 6.07) is 7.93. The molecule has 1 heterocycles. The van der Waals surface area contributed by atoms with Crippen LogP contribution in [0.2, 0.25) is 0 Å². The molecule has 0 unspecified atom stereocenters. The molecule has 1 saturated heterocycles. The average molecular weight is 324 g/mol. The predicted molar refractivity (Wildman–Crippen MR) is 79.2 cm³/mol. The molecule has 0 aliphatic carbocycles. The predicted octanol–water partition coefficient (Wildman–Crippen LogP) is 2.45. The first kappa shape index (κ1) is 14.3. The molecule has 102 valence electrons. The van der Waals surface area contributed by atoms with E-state index >= 15 is 0 Å². The number of anilines is 1. The van der Waals surface area contributed by atoms with E-state index in [1.54, 1.807) is 0 Å². The average Bonchev–Trinajstić information content (AvgIpc) is 2.69. The van der Waals surface area contributed by atoms with Crippen molar-refractivity contribution >= 4 is 21.6 Å². The lowest BCUT2D eigenvalue weighted by atomic mass is 10.2. The monoisotopic (exact) mass is 323 g/mol. The van der Waals surface area contributed by atoms with E-state index in [1.807, 2.05) is 18.2 Å². The minimum Gasteiger partial charge on any atom is -0.383 e. The fraction of sp³-hybridized carbons (Fsp3) is 0.500. The maximum Gasteiger partial charge on any atom is 0.101 e. The number of halogens is 1. The molecule has 0 saturated carbocycles. The molecule has 1 N–H and O–H groups in total. The molecule has 2 rings (SSSR count). The quantitative estimate of drug-likeness (QED) is 0.924. The molecule has 0 radical (unpaired) electrons. The third-order valence-corrected chi connectivity index (χ3v) is 3.65. The molecule has 0 amide bonds. The third kappa shape index (κ3) is 4.50. The standard InChI is InChI=1S/C14H18BrN3O/c15-13-2-3-14(12(10-13)11-16)17-4-6-18-5-1-8-19-9-7-18/h2-3,10,17H,1,4-9H2. The minimum atomic E-state index is 0.675. The molecule has 0 bridgehead atoms. The molecule has 1 aromatic carbocycles. The molecule has 5 heteroatoms. The fourth-order valence-corrected chi connectivity index (χ4v) is 2.49.